The third-order valence-electron chi connectivity index (χ3n) is 1.73. The third kappa shape index (κ3) is 2.82. The summed E-state index contributed by atoms with van der Waals surface area (Å²) in [5.74, 6) is 0. The number of hydrogen-bond donors (Lipinski definition) is 0. The van der Waals surface area contributed by atoms with Gasteiger partial charge in [0.15, 0.2) is 0 Å². The van der Waals surface area contributed by atoms with Crippen molar-refractivity contribution in [3.63, 3.8) is 0 Å². The van der Waals surface area contributed by atoms with Crippen LogP contribution in [0.3, 0.4) is 0 Å². The van der Waals surface area contributed by atoms with Crippen molar-refractivity contribution < 1.29 is 26.5 Å². The molecule has 6 nitrogen and oxygen atoms in total. The Hall–Kier alpha value is -0.890. The molecule has 1 aliphatic heterocycles. The Labute approximate surface area is 93.6 Å². The predicted molar refractivity (Wildman–Crippen MR) is 52.7 cm³/mol. The van der Waals surface area contributed by atoms with Crippen LogP contribution in [0.25, 0.3) is 0 Å². The summed E-state index contributed by atoms with van der Waals surface area (Å²) in [6, 6.07) is -1.14. The van der Waals surface area contributed by atoms with Gasteiger partial charge in [-0.25, -0.2) is 9.18 Å². The molecule has 0 aromatic rings. The second kappa shape index (κ2) is 4.17. The summed E-state index contributed by atoms with van der Waals surface area (Å²) in [5, 5.41) is 0. The van der Waals surface area contributed by atoms with Crippen LogP contribution in [0.15, 0.2) is 0 Å². The average molecular weight is 255 g/mol. The summed E-state index contributed by atoms with van der Waals surface area (Å²) in [5.41, 5.74) is -0.851. The zero-order valence-corrected chi connectivity index (χ0v) is 10.1. The molecule has 16 heavy (non-hydrogen) atoms. The number of ether oxygens (including phenoxy) is 1. The van der Waals surface area contributed by atoms with Crippen LogP contribution in [0.5, 0.6) is 0 Å². The van der Waals surface area contributed by atoms with E-state index >= 15 is 0 Å². The van der Waals surface area contributed by atoms with Crippen molar-refractivity contribution in [2.45, 2.75) is 32.4 Å². The Morgan fingerprint density at radius 2 is 2.12 bits per heavy atom. The van der Waals surface area contributed by atoms with Crippen molar-refractivity contribution in [1.29, 1.82) is 0 Å². The Balaban J connectivity index is 2.88. The van der Waals surface area contributed by atoms with Crippen LogP contribution in [-0.2, 0) is 19.2 Å². The van der Waals surface area contributed by atoms with Crippen LogP contribution in [0.2, 0.25) is 0 Å². The molecule has 1 rings (SSSR count). The van der Waals surface area contributed by atoms with Gasteiger partial charge in [-0.1, -0.05) is 0 Å². The molecular weight excluding hydrogens is 241 g/mol. The van der Waals surface area contributed by atoms with E-state index in [0.717, 1.165) is 0 Å². The molecule has 8 heteroatoms. The maximum atomic E-state index is 12.5. The molecule has 94 valence electrons. The summed E-state index contributed by atoms with van der Waals surface area (Å²) < 4.78 is 44.6. The fraction of sp³-hybridized carbons (Fsp3) is 0.875. The van der Waals surface area contributed by atoms with Gasteiger partial charge in [0.1, 0.15) is 18.3 Å². The largest absolute Gasteiger partial charge is 0.443 e. The van der Waals surface area contributed by atoms with Crippen LogP contribution in [0.1, 0.15) is 20.8 Å². The number of carbonyl (C=O) groups excluding carboxylic acids is 1. The molecule has 1 saturated heterocycles. The lowest BCUT2D eigenvalue weighted by atomic mass is 10.2. The SMILES string of the molecule is CC(C)(C)OC(=O)N1[C@@H](CF)COS1(=O)=O. The minimum absolute atomic E-state index is 0.304. The fourth-order valence-electron chi connectivity index (χ4n) is 1.13. The van der Waals surface area contributed by atoms with Crippen molar-refractivity contribution in [2.24, 2.45) is 0 Å². The molecule has 0 spiro atoms. The number of hydrogen-bond acceptors (Lipinski definition) is 5. The monoisotopic (exact) mass is 255 g/mol. The number of carbonyl (C=O) groups is 1. The van der Waals surface area contributed by atoms with Crippen LogP contribution in [-0.4, -0.2) is 43.7 Å². The molecule has 0 N–H and O–H groups in total. The number of rotatable bonds is 1. The normalized spacial score (nSPS) is 24.5. The first-order chi connectivity index (χ1) is 7.17. The van der Waals surface area contributed by atoms with Gasteiger partial charge >= 0.3 is 16.4 Å². The van der Waals surface area contributed by atoms with Gasteiger partial charge in [0.25, 0.3) is 0 Å². The molecule has 0 bridgehead atoms. The van der Waals surface area contributed by atoms with Gasteiger partial charge in [-0.15, -0.1) is 0 Å². The first kappa shape index (κ1) is 13.2. The van der Waals surface area contributed by atoms with E-state index in [4.69, 9.17) is 4.74 Å². The maximum absolute atomic E-state index is 12.5. The predicted octanol–water partition coefficient (Wildman–Crippen LogP) is 0.837. The van der Waals surface area contributed by atoms with Crippen LogP contribution in [0, 0.1) is 0 Å². The van der Waals surface area contributed by atoms with Crippen LogP contribution < -0.4 is 0 Å². The van der Waals surface area contributed by atoms with E-state index in [2.05, 4.69) is 4.18 Å². The molecule has 1 fully saturated rings. The highest BCUT2D eigenvalue weighted by Crippen LogP contribution is 2.22. The minimum Gasteiger partial charge on any atom is -0.443 e. The molecule has 0 aromatic heterocycles. The van der Waals surface area contributed by atoms with Gasteiger partial charge < -0.3 is 4.74 Å². The quantitative estimate of drug-likeness (QED) is 0.694. The number of alkyl halides is 1. The van der Waals surface area contributed by atoms with Gasteiger partial charge in [-0.3, -0.25) is 4.18 Å². The topological polar surface area (TPSA) is 72.9 Å². The number of amides is 1. The molecule has 0 aliphatic carbocycles. The number of halogens is 1. The molecule has 0 radical (unpaired) electrons. The first-order valence-corrected chi connectivity index (χ1v) is 6.01. The Morgan fingerprint density at radius 1 is 1.56 bits per heavy atom. The van der Waals surface area contributed by atoms with Gasteiger partial charge in [-0.2, -0.15) is 12.7 Å². The highest BCUT2D eigenvalue weighted by atomic mass is 32.2. The van der Waals surface area contributed by atoms with Crippen molar-refractivity contribution in [2.75, 3.05) is 13.3 Å². The molecule has 1 heterocycles. The molecule has 0 unspecified atom stereocenters. The Bertz CT molecular complexity index is 374. The number of nitrogens with zero attached hydrogens (tertiary/aromatic N) is 1. The fourth-order valence-corrected chi connectivity index (χ4v) is 2.27. The second-order valence-corrected chi connectivity index (χ2v) is 5.81. The lowest BCUT2D eigenvalue weighted by Crippen LogP contribution is -2.43. The summed E-state index contributed by atoms with van der Waals surface area (Å²) in [4.78, 5) is 11.5. The Morgan fingerprint density at radius 3 is 2.56 bits per heavy atom. The van der Waals surface area contributed by atoms with Crippen molar-refractivity contribution >= 4 is 16.4 Å². The van der Waals surface area contributed by atoms with Crippen molar-refractivity contribution in [3.8, 4) is 0 Å². The van der Waals surface area contributed by atoms with E-state index in [-0.39, 0.29) is 6.61 Å². The van der Waals surface area contributed by atoms with E-state index in [1.165, 1.54) is 0 Å². The third-order valence-corrected chi connectivity index (χ3v) is 3.10. The van der Waals surface area contributed by atoms with Gasteiger partial charge in [0, 0.05) is 0 Å². The molecule has 1 atom stereocenters. The lowest BCUT2D eigenvalue weighted by Gasteiger charge is -2.24. The van der Waals surface area contributed by atoms with E-state index < -0.39 is 34.7 Å². The molecule has 1 aliphatic rings. The van der Waals surface area contributed by atoms with E-state index in [1.54, 1.807) is 20.8 Å². The summed E-state index contributed by atoms with van der Waals surface area (Å²) in [6.45, 7) is 3.37. The molecular formula is C8H14FNO5S. The lowest BCUT2D eigenvalue weighted by molar-refractivity contribution is 0.0343. The average Bonchev–Trinajstić information content (AvgIpc) is 2.37. The molecule has 0 saturated carbocycles. The Kier molecular flexibility index (Phi) is 3.44. The highest BCUT2D eigenvalue weighted by molar-refractivity contribution is 7.85. The van der Waals surface area contributed by atoms with E-state index in [0.29, 0.717) is 4.31 Å². The van der Waals surface area contributed by atoms with Gasteiger partial charge in [-0.05, 0) is 20.8 Å². The molecule has 0 aromatic carbocycles. The second-order valence-electron chi connectivity index (χ2n) is 4.33. The standard InChI is InChI=1S/C8H14FNO5S/c1-8(2,3)15-7(11)10-6(4-9)5-14-16(10,12)13/h6H,4-5H2,1-3H3/t6-/m0/s1. The summed E-state index contributed by atoms with van der Waals surface area (Å²) >= 11 is 0. The van der Waals surface area contributed by atoms with Crippen LogP contribution in [0.4, 0.5) is 9.18 Å². The summed E-state index contributed by atoms with van der Waals surface area (Å²) in [6.07, 6.45) is -1.12. The van der Waals surface area contributed by atoms with Gasteiger partial charge in [0.05, 0.1) is 6.61 Å². The van der Waals surface area contributed by atoms with E-state index in [1.807, 2.05) is 0 Å². The zero-order valence-electron chi connectivity index (χ0n) is 9.27. The summed E-state index contributed by atoms with van der Waals surface area (Å²) in [7, 11) is -4.20. The minimum atomic E-state index is -4.20. The van der Waals surface area contributed by atoms with Crippen molar-refractivity contribution in [1.82, 2.24) is 4.31 Å². The van der Waals surface area contributed by atoms with E-state index in [9.17, 15) is 17.6 Å². The first-order valence-electron chi connectivity index (χ1n) is 4.65. The highest BCUT2D eigenvalue weighted by Gasteiger charge is 2.44. The maximum Gasteiger partial charge on any atom is 0.426 e. The van der Waals surface area contributed by atoms with Crippen LogP contribution >= 0.6 is 0 Å². The zero-order chi connectivity index (χ0) is 12.6. The molecule has 1 amide bonds. The van der Waals surface area contributed by atoms with Gasteiger partial charge in [0.2, 0.25) is 0 Å². The smallest absolute Gasteiger partial charge is 0.426 e. The van der Waals surface area contributed by atoms with Crippen molar-refractivity contribution in [3.05, 3.63) is 0 Å².